The first-order chi connectivity index (χ1) is 15.2. The third-order valence-corrected chi connectivity index (χ3v) is 5.69. The number of carbonyl (C=O) groups excluding carboxylic acids is 1. The number of hydrogen-bond donors (Lipinski definition) is 2. The fraction of sp³-hybridized carbons (Fsp3) is 0.190. The molecule has 0 spiro atoms. The molecular formula is C21H18Cl2N6O3. The molecule has 1 aromatic carbocycles. The van der Waals surface area contributed by atoms with Gasteiger partial charge in [0.1, 0.15) is 6.33 Å². The Hall–Kier alpha value is -3.43. The molecule has 2 N–H and O–H groups in total. The highest BCUT2D eigenvalue weighted by molar-refractivity contribution is 6.42. The molecule has 4 aromatic rings. The van der Waals surface area contributed by atoms with E-state index in [1.165, 1.54) is 7.05 Å². The average molecular weight is 473 g/mol. The maximum Gasteiger partial charge on any atom is 0.296 e. The third kappa shape index (κ3) is 3.80. The van der Waals surface area contributed by atoms with Gasteiger partial charge >= 0.3 is 0 Å². The number of amides is 1. The Morgan fingerprint density at radius 3 is 2.62 bits per heavy atom. The smallest absolute Gasteiger partial charge is 0.296 e. The average Bonchev–Trinajstić information content (AvgIpc) is 3.17. The molecule has 3 aromatic heterocycles. The number of nitrogens with one attached hydrogen (secondary N) is 1. The Kier molecular flexibility index (Phi) is 5.62. The number of aromatic hydroxyl groups is 1. The lowest BCUT2D eigenvalue weighted by Gasteiger charge is -2.11. The Balaban J connectivity index is 1.74. The van der Waals surface area contributed by atoms with Crippen molar-refractivity contribution in [3.05, 3.63) is 73.6 Å². The number of carbonyl (C=O) groups is 1. The Labute approximate surface area is 192 Å². The molecule has 1 amide bonds. The predicted molar refractivity (Wildman–Crippen MR) is 120 cm³/mol. The van der Waals surface area contributed by atoms with Gasteiger partial charge in [0, 0.05) is 25.0 Å². The predicted octanol–water partition coefficient (Wildman–Crippen LogP) is 3.05. The van der Waals surface area contributed by atoms with E-state index in [-0.39, 0.29) is 12.4 Å². The van der Waals surface area contributed by atoms with Crippen molar-refractivity contribution in [2.45, 2.75) is 20.4 Å². The van der Waals surface area contributed by atoms with Gasteiger partial charge in [-0.15, -0.1) is 0 Å². The van der Waals surface area contributed by atoms with Crippen molar-refractivity contribution in [1.29, 1.82) is 0 Å². The number of nitrogens with zero attached hydrogens (tertiary/aromatic N) is 5. The molecule has 0 aliphatic carbocycles. The van der Waals surface area contributed by atoms with E-state index in [0.717, 1.165) is 16.0 Å². The summed E-state index contributed by atoms with van der Waals surface area (Å²) in [6.07, 6.45) is 1.56. The number of fused-ring (bicyclic) bond motifs is 1. The summed E-state index contributed by atoms with van der Waals surface area (Å²) in [6.45, 7) is 3.84. The molecular weight excluding hydrogens is 455 g/mol. The van der Waals surface area contributed by atoms with Gasteiger partial charge < -0.3 is 10.4 Å². The molecule has 0 saturated heterocycles. The highest BCUT2D eigenvalue weighted by Gasteiger charge is 2.23. The number of benzene rings is 1. The first-order valence-electron chi connectivity index (χ1n) is 9.51. The van der Waals surface area contributed by atoms with Crippen LogP contribution in [0.3, 0.4) is 0 Å². The van der Waals surface area contributed by atoms with Gasteiger partial charge in [0.15, 0.2) is 22.9 Å². The summed E-state index contributed by atoms with van der Waals surface area (Å²) in [5.74, 6) is -1.38. The number of aryl methyl sites for hydroxylation is 2. The van der Waals surface area contributed by atoms with Gasteiger partial charge in [-0.3, -0.25) is 18.6 Å². The molecule has 164 valence electrons. The molecule has 0 bridgehead atoms. The molecule has 4 rings (SSSR count). The van der Waals surface area contributed by atoms with E-state index < -0.39 is 22.9 Å². The first kappa shape index (κ1) is 21.8. The van der Waals surface area contributed by atoms with Gasteiger partial charge in [0.2, 0.25) is 5.75 Å². The molecule has 0 fully saturated rings. The van der Waals surface area contributed by atoms with E-state index in [1.54, 1.807) is 28.9 Å². The molecule has 0 aliphatic heterocycles. The van der Waals surface area contributed by atoms with Crippen LogP contribution in [0.25, 0.3) is 17.2 Å². The maximum atomic E-state index is 12.8. The van der Waals surface area contributed by atoms with Crippen LogP contribution < -0.4 is 10.9 Å². The van der Waals surface area contributed by atoms with Gasteiger partial charge in [0.25, 0.3) is 11.5 Å². The molecule has 11 heteroatoms. The van der Waals surface area contributed by atoms with Gasteiger partial charge in [-0.2, -0.15) is 0 Å². The van der Waals surface area contributed by atoms with E-state index >= 15 is 0 Å². The summed E-state index contributed by atoms with van der Waals surface area (Å²) in [6, 6.07) is 6.81. The van der Waals surface area contributed by atoms with Crippen molar-refractivity contribution in [2.24, 2.45) is 7.05 Å². The molecule has 9 nitrogen and oxygen atoms in total. The van der Waals surface area contributed by atoms with Gasteiger partial charge in [-0.1, -0.05) is 29.3 Å². The SMILES string of the molecule is Cc1cc(C)n2cnc(-c3nc(C(=O)NCc4ccc(Cl)c(Cl)c4)c(O)c(=O)n3C)c2n1. The summed E-state index contributed by atoms with van der Waals surface area (Å²) < 4.78 is 2.89. The Morgan fingerprint density at radius 2 is 1.91 bits per heavy atom. The van der Waals surface area contributed by atoms with E-state index in [0.29, 0.717) is 26.9 Å². The number of imidazole rings is 1. The van der Waals surface area contributed by atoms with E-state index in [9.17, 15) is 14.7 Å². The highest BCUT2D eigenvalue weighted by Crippen LogP contribution is 2.24. The highest BCUT2D eigenvalue weighted by atomic mass is 35.5. The third-order valence-electron chi connectivity index (χ3n) is 4.95. The largest absolute Gasteiger partial charge is 0.501 e. The summed E-state index contributed by atoms with van der Waals surface area (Å²) in [5.41, 5.74) is 1.96. The van der Waals surface area contributed by atoms with Crippen LogP contribution in [0.5, 0.6) is 5.75 Å². The minimum Gasteiger partial charge on any atom is -0.501 e. The molecule has 0 atom stereocenters. The van der Waals surface area contributed by atoms with Crippen molar-refractivity contribution in [3.8, 4) is 17.3 Å². The normalized spacial score (nSPS) is 11.2. The van der Waals surface area contributed by atoms with Crippen molar-refractivity contribution in [2.75, 3.05) is 0 Å². The van der Waals surface area contributed by atoms with Crippen LogP contribution in [0.15, 0.2) is 35.4 Å². The monoisotopic (exact) mass is 472 g/mol. The zero-order valence-corrected chi connectivity index (χ0v) is 18.9. The van der Waals surface area contributed by atoms with Crippen molar-refractivity contribution >= 4 is 34.8 Å². The Morgan fingerprint density at radius 1 is 1.16 bits per heavy atom. The molecule has 32 heavy (non-hydrogen) atoms. The second-order valence-corrected chi connectivity index (χ2v) is 8.07. The van der Waals surface area contributed by atoms with Crippen LogP contribution in [0.1, 0.15) is 27.4 Å². The number of rotatable bonds is 4. The standard InChI is InChI=1S/C21H18Cl2N6O3/c1-10-6-11(2)29-9-25-16(19(29)26-10)18-27-15(17(30)21(32)28(18)3)20(31)24-8-12-4-5-13(22)14(23)7-12/h4-7,9,30H,8H2,1-3H3,(H,24,31). The van der Waals surface area contributed by atoms with Crippen LogP contribution in [0.4, 0.5) is 0 Å². The zero-order valence-electron chi connectivity index (χ0n) is 17.3. The van der Waals surface area contributed by atoms with Crippen LogP contribution in [-0.4, -0.2) is 34.9 Å². The van der Waals surface area contributed by atoms with Crippen LogP contribution in [-0.2, 0) is 13.6 Å². The lowest BCUT2D eigenvalue weighted by Crippen LogP contribution is -2.29. The molecule has 0 radical (unpaired) electrons. The van der Waals surface area contributed by atoms with Crippen LogP contribution >= 0.6 is 23.2 Å². The van der Waals surface area contributed by atoms with Crippen LogP contribution in [0, 0.1) is 13.8 Å². The number of halogens is 2. The van der Waals surface area contributed by atoms with E-state index in [4.69, 9.17) is 23.2 Å². The quantitative estimate of drug-likeness (QED) is 0.471. The van der Waals surface area contributed by atoms with Crippen molar-refractivity contribution in [3.63, 3.8) is 0 Å². The second kappa shape index (κ2) is 8.25. The molecule has 0 unspecified atom stereocenters. The molecule has 0 saturated carbocycles. The van der Waals surface area contributed by atoms with Crippen molar-refractivity contribution < 1.29 is 9.90 Å². The zero-order chi connectivity index (χ0) is 23.2. The van der Waals surface area contributed by atoms with Gasteiger partial charge in [-0.05, 0) is 37.6 Å². The first-order valence-corrected chi connectivity index (χ1v) is 10.3. The fourth-order valence-electron chi connectivity index (χ4n) is 3.31. The summed E-state index contributed by atoms with van der Waals surface area (Å²) in [5, 5.41) is 13.7. The summed E-state index contributed by atoms with van der Waals surface area (Å²) in [4.78, 5) is 38.5. The van der Waals surface area contributed by atoms with E-state index in [2.05, 4.69) is 20.3 Å². The Bertz CT molecular complexity index is 1440. The lowest BCUT2D eigenvalue weighted by molar-refractivity contribution is 0.0942. The molecule has 0 aliphatic rings. The fourth-order valence-corrected chi connectivity index (χ4v) is 3.63. The topological polar surface area (TPSA) is 114 Å². The second-order valence-electron chi connectivity index (χ2n) is 7.25. The number of aromatic nitrogens is 5. The lowest BCUT2D eigenvalue weighted by atomic mass is 10.2. The minimum absolute atomic E-state index is 0.0920. The summed E-state index contributed by atoms with van der Waals surface area (Å²) >= 11 is 11.9. The van der Waals surface area contributed by atoms with Crippen LogP contribution in [0.2, 0.25) is 10.0 Å². The number of hydrogen-bond acceptors (Lipinski definition) is 6. The van der Waals surface area contributed by atoms with Gasteiger partial charge in [-0.25, -0.2) is 15.0 Å². The maximum absolute atomic E-state index is 12.8. The molecule has 3 heterocycles. The van der Waals surface area contributed by atoms with Crippen molar-refractivity contribution in [1.82, 2.24) is 29.2 Å². The minimum atomic E-state index is -0.778. The van der Waals surface area contributed by atoms with E-state index in [1.807, 2.05) is 19.9 Å². The summed E-state index contributed by atoms with van der Waals surface area (Å²) in [7, 11) is 1.44. The van der Waals surface area contributed by atoms with Gasteiger partial charge in [0.05, 0.1) is 10.0 Å².